The molecule has 0 unspecified atom stereocenters. The number of ether oxygens (including phenoxy) is 2. The SMILES string of the molecule is COc1cc(OC)c(NC(=O)NCCn2c(-c3ccc(C)cc3)nc3ccccc32)cc1Cl. The molecule has 1 aromatic heterocycles. The summed E-state index contributed by atoms with van der Waals surface area (Å²) in [4.78, 5) is 17.4. The third-order valence-electron chi connectivity index (χ3n) is 5.31. The van der Waals surface area contributed by atoms with Crippen LogP contribution in [0.5, 0.6) is 11.5 Å². The van der Waals surface area contributed by atoms with Gasteiger partial charge in [0.2, 0.25) is 0 Å². The molecule has 2 N–H and O–H groups in total. The smallest absolute Gasteiger partial charge is 0.319 e. The van der Waals surface area contributed by atoms with Gasteiger partial charge in [-0.1, -0.05) is 53.6 Å². The number of amides is 2. The molecular weight excluding hydrogens is 440 g/mol. The van der Waals surface area contributed by atoms with Crippen molar-refractivity contribution < 1.29 is 14.3 Å². The molecule has 8 heteroatoms. The summed E-state index contributed by atoms with van der Waals surface area (Å²) in [5.41, 5.74) is 4.59. The van der Waals surface area contributed by atoms with Gasteiger partial charge < -0.3 is 24.7 Å². The molecule has 0 saturated heterocycles. The zero-order valence-corrected chi connectivity index (χ0v) is 19.4. The van der Waals surface area contributed by atoms with Gasteiger partial charge in [-0.2, -0.15) is 0 Å². The monoisotopic (exact) mass is 464 g/mol. The number of imidazole rings is 1. The van der Waals surface area contributed by atoms with Gasteiger partial charge in [-0.25, -0.2) is 9.78 Å². The predicted octanol–water partition coefficient (Wildman–Crippen LogP) is 5.50. The average Bonchev–Trinajstić information content (AvgIpc) is 3.18. The van der Waals surface area contributed by atoms with Crippen LogP contribution >= 0.6 is 11.6 Å². The van der Waals surface area contributed by atoms with Crippen LogP contribution in [0.2, 0.25) is 5.02 Å². The molecule has 0 spiro atoms. The number of nitrogens with zero attached hydrogens (tertiary/aromatic N) is 2. The number of hydrogen-bond acceptors (Lipinski definition) is 4. The number of carbonyl (C=O) groups is 1. The number of anilines is 1. The largest absolute Gasteiger partial charge is 0.495 e. The fourth-order valence-electron chi connectivity index (χ4n) is 3.63. The van der Waals surface area contributed by atoms with E-state index in [9.17, 15) is 4.79 Å². The Morgan fingerprint density at radius 3 is 2.48 bits per heavy atom. The van der Waals surface area contributed by atoms with Crippen molar-refractivity contribution in [3.05, 3.63) is 71.2 Å². The molecule has 0 aliphatic carbocycles. The Hall–Kier alpha value is -3.71. The lowest BCUT2D eigenvalue weighted by atomic mass is 10.1. The number of aromatic nitrogens is 2. The Kier molecular flexibility index (Phi) is 6.70. The van der Waals surface area contributed by atoms with Crippen molar-refractivity contribution in [2.45, 2.75) is 13.5 Å². The Balaban J connectivity index is 1.49. The van der Waals surface area contributed by atoms with E-state index in [2.05, 4.69) is 46.4 Å². The van der Waals surface area contributed by atoms with E-state index < -0.39 is 0 Å². The van der Waals surface area contributed by atoms with E-state index in [0.29, 0.717) is 35.3 Å². The fourth-order valence-corrected chi connectivity index (χ4v) is 3.87. The van der Waals surface area contributed by atoms with Gasteiger partial charge in [-0.3, -0.25) is 0 Å². The quantitative estimate of drug-likeness (QED) is 0.378. The summed E-state index contributed by atoms with van der Waals surface area (Å²) in [5, 5.41) is 6.05. The maximum atomic E-state index is 12.6. The number of urea groups is 1. The molecule has 1 heterocycles. The summed E-state index contributed by atoms with van der Waals surface area (Å²) in [6, 6.07) is 19.1. The second kappa shape index (κ2) is 9.83. The van der Waals surface area contributed by atoms with Gasteiger partial charge in [0.1, 0.15) is 17.3 Å². The van der Waals surface area contributed by atoms with Crippen LogP contribution in [0.4, 0.5) is 10.5 Å². The standard InChI is InChI=1S/C25H25ClN4O3/c1-16-8-10-17(11-9-16)24-28-19-6-4-5-7-21(19)30(24)13-12-27-25(31)29-20-14-18(26)22(32-2)15-23(20)33-3/h4-11,14-15H,12-13H2,1-3H3,(H2,27,29,31). The van der Waals surface area contributed by atoms with Gasteiger partial charge in [-0.15, -0.1) is 0 Å². The predicted molar refractivity (Wildman–Crippen MR) is 131 cm³/mol. The summed E-state index contributed by atoms with van der Waals surface area (Å²) >= 11 is 6.19. The van der Waals surface area contributed by atoms with Crippen LogP contribution < -0.4 is 20.1 Å². The number of aryl methyl sites for hydroxylation is 1. The van der Waals surface area contributed by atoms with Crippen LogP contribution in [0.15, 0.2) is 60.7 Å². The lowest BCUT2D eigenvalue weighted by Gasteiger charge is -2.14. The van der Waals surface area contributed by atoms with Crippen LogP contribution in [0.1, 0.15) is 5.56 Å². The highest BCUT2D eigenvalue weighted by Crippen LogP contribution is 2.35. The van der Waals surface area contributed by atoms with Crippen molar-refractivity contribution in [1.29, 1.82) is 0 Å². The molecule has 4 rings (SSSR count). The van der Waals surface area contributed by atoms with E-state index >= 15 is 0 Å². The first kappa shape index (κ1) is 22.5. The molecule has 0 saturated carbocycles. The van der Waals surface area contributed by atoms with Crippen molar-refractivity contribution in [3.8, 4) is 22.9 Å². The first-order valence-electron chi connectivity index (χ1n) is 10.5. The van der Waals surface area contributed by atoms with Gasteiger partial charge in [-0.05, 0) is 25.1 Å². The van der Waals surface area contributed by atoms with E-state index in [1.54, 1.807) is 12.1 Å². The lowest BCUT2D eigenvalue weighted by Crippen LogP contribution is -2.31. The van der Waals surface area contributed by atoms with E-state index in [-0.39, 0.29) is 6.03 Å². The second-order valence-corrected chi connectivity index (χ2v) is 7.92. The molecule has 170 valence electrons. The average molecular weight is 465 g/mol. The Morgan fingerprint density at radius 1 is 1.03 bits per heavy atom. The number of rotatable bonds is 7. The molecule has 0 atom stereocenters. The van der Waals surface area contributed by atoms with Crippen LogP contribution in [-0.4, -0.2) is 36.3 Å². The maximum absolute atomic E-state index is 12.6. The third-order valence-corrected chi connectivity index (χ3v) is 5.60. The van der Waals surface area contributed by atoms with Crippen molar-refractivity contribution in [3.63, 3.8) is 0 Å². The number of fused-ring (bicyclic) bond motifs is 1. The Labute approximate surface area is 197 Å². The van der Waals surface area contributed by atoms with Crippen molar-refractivity contribution >= 4 is 34.4 Å². The molecule has 0 aliphatic heterocycles. The van der Waals surface area contributed by atoms with Crippen LogP contribution in [0.25, 0.3) is 22.4 Å². The summed E-state index contributed by atoms with van der Waals surface area (Å²) in [7, 11) is 3.04. The van der Waals surface area contributed by atoms with Crippen LogP contribution in [-0.2, 0) is 6.54 Å². The number of carbonyl (C=O) groups excluding carboxylic acids is 1. The van der Waals surface area contributed by atoms with E-state index in [4.69, 9.17) is 26.1 Å². The number of benzene rings is 3. The minimum Gasteiger partial charge on any atom is -0.495 e. The van der Waals surface area contributed by atoms with Crippen molar-refractivity contribution in [1.82, 2.24) is 14.9 Å². The number of para-hydroxylation sites is 2. The molecule has 3 aromatic carbocycles. The molecule has 33 heavy (non-hydrogen) atoms. The van der Waals surface area contributed by atoms with Gasteiger partial charge in [0.25, 0.3) is 0 Å². The number of methoxy groups -OCH3 is 2. The summed E-state index contributed by atoms with van der Waals surface area (Å²) in [6.07, 6.45) is 0. The van der Waals surface area contributed by atoms with Gasteiger partial charge in [0.05, 0.1) is 36.0 Å². The van der Waals surface area contributed by atoms with Crippen LogP contribution in [0.3, 0.4) is 0 Å². The van der Waals surface area contributed by atoms with Gasteiger partial charge in [0, 0.05) is 24.7 Å². The number of halogens is 1. The molecule has 0 aliphatic rings. The number of hydrogen-bond donors (Lipinski definition) is 2. The molecular formula is C25H25ClN4O3. The summed E-state index contributed by atoms with van der Waals surface area (Å²) in [5.74, 6) is 1.78. The molecule has 4 aromatic rings. The van der Waals surface area contributed by atoms with Gasteiger partial charge >= 0.3 is 6.03 Å². The minimum atomic E-state index is -0.365. The Bertz CT molecular complexity index is 1290. The normalized spacial score (nSPS) is 10.8. The minimum absolute atomic E-state index is 0.365. The first-order valence-corrected chi connectivity index (χ1v) is 10.9. The lowest BCUT2D eigenvalue weighted by molar-refractivity contribution is 0.251. The second-order valence-electron chi connectivity index (χ2n) is 7.51. The highest BCUT2D eigenvalue weighted by Gasteiger charge is 2.14. The zero-order valence-electron chi connectivity index (χ0n) is 18.7. The van der Waals surface area contributed by atoms with Crippen molar-refractivity contribution in [2.75, 3.05) is 26.1 Å². The highest BCUT2D eigenvalue weighted by atomic mass is 35.5. The molecule has 0 radical (unpaired) electrons. The van der Waals surface area contributed by atoms with E-state index in [1.165, 1.54) is 19.8 Å². The first-order chi connectivity index (χ1) is 16.0. The highest BCUT2D eigenvalue weighted by molar-refractivity contribution is 6.32. The maximum Gasteiger partial charge on any atom is 0.319 e. The zero-order chi connectivity index (χ0) is 23.4. The number of nitrogens with one attached hydrogen (secondary N) is 2. The van der Waals surface area contributed by atoms with E-state index in [1.807, 2.05) is 24.3 Å². The Morgan fingerprint density at radius 2 is 1.76 bits per heavy atom. The molecule has 7 nitrogen and oxygen atoms in total. The molecule has 0 fully saturated rings. The van der Waals surface area contributed by atoms with Gasteiger partial charge in [0.15, 0.2) is 0 Å². The summed E-state index contributed by atoms with van der Waals surface area (Å²) in [6.45, 7) is 3.01. The summed E-state index contributed by atoms with van der Waals surface area (Å²) < 4.78 is 12.6. The van der Waals surface area contributed by atoms with Crippen molar-refractivity contribution in [2.24, 2.45) is 0 Å². The third kappa shape index (κ3) is 4.88. The van der Waals surface area contributed by atoms with Crippen LogP contribution in [0, 0.1) is 6.92 Å². The molecule has 2 amide bonds. The van der Waals surface area contributed by atoms with E-state index in [0.717, 1.165) is 22.4 Å². The molecule has 0 bridgehead atoms. The topological polar surface area (TPSA) is 77.4 Å². The fraction of sp³-hybridized carbons (Fsp3) is 0.200.